The lowest BCUT2D eigenvalue weighted by Gasteiger charge is -2.23. The first-order chi connectivity index (χ1) is 7.10. The van der Waals surface area contributed by atoms with E-state index in [1.807, 2.05) is 0 Å². The van der Waals surface area contributed by atoms with Crippen molar-refractivity contribution in [2.45, 2.75) is 24.9 Å². The van der Waals surface area contributed by atoms with Gasteiger partial charge in [-0.3, -0.25) is 0 Å². The van der Waals surface area contributed by atoms with Crippen LogP contribution in [0.25, 0.3) is 0 Å². The zero-order valence-electron chi connectivity index (χ0n) is 8.25. The first-order valence-electron chi connectivity index (χ1n) is 4.96. The molecule has 0 spiro atoms. The molecule has 1 unspecified atom stereocenters. The molecule has 0 aliphatic carbocycles. The number of benzene rings is 1. The Bertz CT molecular complexity index is 348. The second kappa shape index (κ2) is 3.77. The molecule has 1 saturated heterocycles. The van der Waals surface area contributed by atoms with Crippen LogP contribution >= 0.6 is 0 Å². The van der Waals surface area contributed by atoms with Crippen LogP contribution in [-0.4, -0.2) is 12.7 Å². The van der Waals surface area contributed by atoms with Gasteiger partial charge in [0.1, 0.15) is 6.10 Å². The maximum Gasteiger partial charge on any atom is 0.298 e. The first kappa shape index (κ1) is 10.4. The first-order valence-corrected chi connectivity index (χ1v) is 4.96. The predicted octanol–water partition coefficient (Wildman–Crippen LogP) is 2.54. The van der Waals surface area contributed by atoms with Crippen LogP contribution in [-0.2, 0) is 10.7 Å². The fourth-order valence-electron chi connectivity index (χ4n) is 1.80. The third-order valence-electron chi connectivity index (χ3n) is 2.61. The Balaban J connectivity index is 2.27. The summed E-state index contributed by atoms with van der Waals surface area (Å²) in [5.41, 5.74) is 5.77. The number of nitrogen functional groups attached to an aromatic ring is 1. The number of nitrogens with two attached hydrogens (primary N) is 1. The van der Waals surface area contributed by atoms with E-state index in [0.29, 0.717) is 25.1 Å². The predicted molar refractivity (Wildman–Crippen MR) is 53.7 cm³/mol. The SMILES string of the molecule is Nc1cccc(C(F)(F)C2CCCO2)c1. The van der Waals surface area contributed by atoms with Gasteiger partial charge in [-0.2, -0.15) is 8.78 Å². The van der Waals surface area contributed by atoms with Gasteiger partial charge in [-0.25, -0.2) is 0 Å². The van der Waals surface area contributed by atoms with Crippen LogP contribution in [0.2, 0.25) is 0 Å². The van der Waals surface area contributed by atoms with E-state index in [1.165, 1.54) is 18.2 Å². The van der Waals surface area contributed by atoms with Crippen LogP contribution in [0, 0.1) is 0 Å². The standard InChI is InChI=1S/C11H13F2NO/c12-11(13,10-5-2-6-15-10)8-3-1-4-9(14)7-8/h1,3-4,7,10H,2,5-6,14H2. The number of rotatable bonds is 2. The summed E-state index contributed by atoms with van der Waals surface area (Å²) < 4.78 is 32.7. The van der Waals surface area contributed by atoms with Gasteiger partial charge in [0.05, 0.1) is 0 Å². The zero-order chi connectivity index (χ0) is 10.9. The molecule has 1 aromatic rings. The molecule has 1 heterocycles. The fourth-order valence-corrected chi connectivity index (χ4v) is 1.80. The third-order valence-corrected chi connectivity index (χ3v) is 2.61. The van der Waals surface area contributed by atoms with Crippen molar-refractivity contribution in [2.24, 2.45) is 0 Å². The molecule has 1 aliphatic rings. The number of halogens is 2. The Kier molecular flexibility index (Phi) is 2.61. The Labute approximate surface area is 87.0 Å². The average Bonchev–Trinajstić information content (AvgIpc) is 2.71. The summed E-state index contributed by atoms with van der Waals surface area (Å²) in [6.07, 6.45) is 0.101. The molecule has 15 heavy (non-hydrogen) atoms. The zero-order valence-corrected chi connectivity index (χ0v) is 8.25. The molecule has 1 fully saturated rings. The molecule has 82 valence electrons. The van der Waals surface area contributed by atoms with Gasteiger partial charge in [0.25, 0.3) is 5.92 Å². The van der Waals surface area contributed by atoms with Crippen LogP contribution in [0.5, 0.6) is 0 Å². The van der Waals surface area contributed by atoms with Gasteiger partial charge in [-0.05, 0) is 25.0 Å². The molecule has 1 aromatic carbocycles. The summed E-state index contributed by atoms with van der Waals surface area (Å²) in [6.45, 7) is 0.419. The minimum absolute atomic E-state index is 0.0607. The maximum atomic E-state index is 13.9. The van der Waals surface area contributed by atoms with Gasteiger partial charge in [0.15, 0.2) is 0 Å². The number of hydrogen-bond acceptors (Lipinski definition) is 2. The lowest BCUT2D eigenvalue weighted by Crippen LogP contribution is -2.30. The Morgan fingerprint density at radius 2 is 2.20 bits per heavy atom. The van der Waals surface area contributed by atoms with Crippen molar-refractivity contribution < 1.29 is 13.5 Å². The largest absolute Gasteiger partial charge is 0.399 e. The summed E-state index contributed by atoms with van der Waals surface area (Å²) in [5, 5.41) is 0. The highest BCUT2D eigenvalue weighted by atomic mass is 19.3. The second-order valence-corrected chi connectivity index (χ2v) is 3.75. The molecule has 2 nitrogen and oxygen atoms in total. The summed E-state index contributed by atoms with van der Waals surface area (Å²) in [5.74, 6) is -2.94. The van der Waals surface area contributed by atoms with Crippen LogP contribution in [0.15, 0.2) is 24.3 Å². The lowest BCUT2D eigenvalue weighted by atomic mass is 10.0. The van der Waals surface area contributed by atoms with Gasteiger partial charge in [0, 0.05) is 17.9 Å². The molecular formula is C11H13F2NO. The molecule has 2 N–H and O–H groups in total. The highest BCUT2D eigenvalue weighted by Gasteiger charge is 2.43. The van der Waals surface area contributed by atoms with E-state index in [-0.39, 0.29) is 5.56 Å². The third kappa shape index (κ3) is 1.95. The molecule has 0 aromatic heterocycles. The van der Waals surface area contributed by atoms with E-state index in [0.717, 1.165) is 0 Å². The van der Waals surface area contributed by atoms with Crippen LogP contribution < -0.4 is 5.73 Å². The normalized spacial score (nSPS) is 21.9. The summed E-state index contributed by atoms with van der Waals surface area (Å²) >= 11 is 0. The Morgan fingerprint density at radius 3 is 2.80 bits per heavy atom. The van der Waals surface area contributed by atoms with E-state index >= 15 is 0 Å². The van der Waals surface area contributed by atoms with E-state index in [4.69, 9.17) is 10.5 Å². The molecular weight excluding hydrogens is 200 g/mol. The molecule has 2 rings (SSSR count). The van der Waals surface area contributed by atoms with E-state index in [2.05, 4.69) is 0 Å². The molecule has 1 atom stereocenters. The molecule has 0 bridgehead atoms. The van der Waals surface area contributed by atoms with E-state index in [9.17, 15) is 8.78 Å². The van der Waals surface area contributed by atoms with E-state index in [1.54, 1.807) is 6.07 Å². The molecule has 0 saturated carbocycles. The topological polar surface area (TPSA) is 35.2 Å². The summed E-state index contributed by atoms with van der Waals surface area (Å²) in [7, 11) is 0. The summed E-state index contributed by atoms with van der Waals surface area (Å²) in [6, 6.07) is 5.82. The van der Waals surface area contributed by atoms with Crippen molar-refractivity contribution in [1.29, 1.82) is 0 Å². The number of ether oxygens (including phenoxy) is 1. The maximum absolute atomic E-state index is 13.9. The molecule has 0 amide bonds. The summed E-state index contributed by atoms with van der Waals surface area (Å²) in [4.78, 5) is 0. The van der Waals surface area contributed by atoms with Crippen molar-refractivity contribution in [1.82, 2.24) is 0 Å². The monoisotopic (exact) mass is 213 g/mol. The van der Waals surface area contributed by atoms with Crippen LogP contribution in [0.3, 0.4) is 0 Å². The Morgan fingerprint density at radius 1 is 1.40 bits per heavy atom. The van der Waals surface area contributed by atoms with Crippen molar-refractivity contribution >= 4 is 5.69 Å². The van der Waals surface area contributed by atoms with E-state index < -0.39 is 12.0 Å². The van der Waals surface area contributed by atoms with Gasteiger partial charge in [-0.15, -0.1) is 0 Å². The van der Waals surface area contributed by atoms with Gasteiger partial charge in [0.2, 0.25) is 0 Å². The Hall–Kier alpha value is -1.16. The highest BCUT2D eigenvalue weighted by molar-refractivity contribution is 5.42. The van der Waals surface area contributed by atoms with Crippen molar-refractivity contribution in [3.8, 4) is 0 Å². The van der Waals surface area contributed by atoms with Crippen molar-refractivity contribution in [3.05, 3.63) is 29.8 Å². The van der Waals surface area contributed by atoms with Crippen LogP contribution in [0.1, 0.15) is 18.4 Å². The lowest BCUT2D eigenvalue weighted by molar-refractivity contribution is -0.122. The fraction of sp³-hybridized carbons (Fsp3) is 0.455. The van der Waals surface area contributed by atoms with Crippen LogP contribution in [0.4, 0.5) is 14.5 Å². The minimum Gasteiger partial charge on any atom is -0.399 e. The second-order valence-electron chi connectivity index (χ2n) is 3.75. The minimum atomic E-state index is -2.94. The van der Waals surface area contributed by atoms with Crippen molar-refractivity contribution in [2.75, 3.05) is 12.3 Å². The number of hydrogen-bond donors (Lipinski definition) is 1. The average molecular weight is 213 g/mol. The smallest absolute Gasteiger partial charge is 0.298 e. The highest BCUT2D eigenvalue weighted by Crippen LogP contribution is 2.38. The molecule has 4 heteroatoms. The molecule has 0 radical (unpaired) electrons. The molecule has 1 aliphatic heterocycles. The van der Waals surface area contributed by atoms with Gasteiger partial charge < -0.3 is 10.5 Å². The van der Waals surface area contributed by atoms with Gasteiger partial charge in [-0.1, -0.05) is 12.1 Å². The number of anilines is 1. The van der Waals surface area contributed by atoms with Crippen molar-refractivity contribution in [3.63, 3.8) is 0 Å². The number of alkyl halides is 2. The quantitative estimate of drug-likeness (QED) is 0.766. The van der Waals surface area contributed by atoms with Gasteiger partial charge >= 0.3 is 0 Å².